The van der Waals surface area contributed by atoms with Crippen LogP contribution in [0.5, 0.6) is 0 Å². The highest BCUT2D eigenvalue weighted by Gasteiger charge is 2.28. The van der Waals surface area contributed by atoms with Gasteiger partial charge in [0.1, 0.15) is 18.1 Å². The summed E-state index contributed by atoms with van der Waals surface area (Å²) < 4.78 is 0. The third kappa shape index (κ3) is 18.2. The van der Waals surface area contributed by atoms with Crippen LogP contribution >= 0.6 is 0 Å². The van der Waals surface area contributed by atoms with Gasteiger partial charge >= 0.3 is 23.9 Å². The molecule has 0 aromatic carbocycles. The highest BCUT2D eigenvalue weighted by Crippen LogP contribution is 2.09. The number of carbonyl (C=O) groups excluding carboxylic acids is 3. The van der Waals surface area contributed by atoms with E-state index in [4.69, 9.17) is 10.2 Å². The van der Waals surface area contributed by atoms with Crippen LogP contribution in [-0.2, 0) is 33.6 Å². The van der Waals surface area contributed by atoms with E-state index in [2.05, 4.69) is 22.9 Å². The van der Waals surface area contributed by atoms with Crippen LogP contribution in [0, 0.1) is 0 Å². The highest BCUT2D eigenvalue weighted by atomic mass is 16.4. The summed E-state index contributed by atoms with van der Waals surface area (Å²) in [6.45, 7) is 2.11. The van der Waals surface area contributed by atoms with Gasteiger partial charge in [0, 0.05) is 25.7 Å². The summed E-state index contributed by atoms with van der Waals surface area (Å²) >= 11 is 0. The number of unbranched alkanes of at least 4 members (excludes halogenated alkanes) is 6. The lowest BCUT2D eigenvalue weighted by Crippen LogP contribution is -2.52. The molecule has 222 valence electrons. The summed E-state index contributed by atoms with van der Waals surface area (Å²) in [6, 6.07) is -4.36. The SMILES string of the molecule is CCCCCCCCCC(=O)NC(CCC(=O)NC(CCC(=O)O)C(=O)O)C(=O)NC(CCC(=O)O)C(=O)O. The molecule has 0 saturated carbocycles. The molecule has 3 unspecified atom stereocenters. The van der Waals surface area contributed by atoms with E-state index in [9.17, 15) is 43.8 Å². The van der Waals surface area contributed by atoms with E-state index in [0.717, 1.165) is 38.5 Å². The Labute approximate surface area is 226 Å². The lowest BCUT2D eigenvalue weighted by molar-refractivity contribution is -0.144. The second-order valence-electron chi connectivity index (χ2n) is 9.25. The first kappa shape index (κ1) is 35.3. The van der Waals surface area contributed by atoms with Gasteiger partial charge in [-0.2, -0.15) is 0 Å². The monoisotopic (exact) mass is 559 g/mol. The van der Waals surface area contributed by atoms with Crippen molar-refractivity contribution >= 4 is 41.6 Å². The van der Waals surface area contributed by atoms with Crippen molar-refractivity contribution < 1.29 is 54.0 Å². The maximum Gasteiger partial charge on any atom is 0.326 e. The molecule has 0 aromatic heterocycles. The van der Waals surface area contributed by atoms with Crippen molar-refractivity contribution in [1.29, 1.82) is 0 Å². The van der Waals surface area contributed by atoms with Gasteiger partial charge in [0.15, 0.2) is 0 Å². The van der Waals surface area contributed by atoms with Crippen molar-refractivity contribution in [2.24, 2.45) is 0 Å². The van der Waals surface area contributed by atoms with Crippen molar-refractivity contribution in [3.05, 3.63) is 0 Å². The predicted molar refractivity (Wildman–Crippen MR) is 137 cm³/mol. The van der Waals surface area contributed by atoms with Gasteiger partial charge in [-0.15, -0.1) is 0 Å². The Bertz CT molecular complexity index is 847. The zero-order chi connectivity index (χ0) is 29.8. The highest BCUT2D eigenvalue weighted by molar-refractivity contribution is 5.91. The lowest BCUT2D eigenvalue weighted by atomic mass is 10.1. The molecule has 3 amide bonds. The van der Waals surface area contributed by atoms with E-state index in [1.54, 1.807) is 0 Å². The Balaban J connectivity index is 5.19. The second-order valence-corrected chi connectivity index (χ2v) is 9.25. The Morgan fingerprint density at radius 2 is 0.923 bits per heavy atom. The molecule has 3 atom stereocenters. The van der Waals surface area contributed by atoms with Crippen LogP contribution in [0.2, 0.25) is 0 Å². The first-order chi connectivity index (χ1) is 18.4. The lowest BCUT2D eigenvalue weighted by Gasteiger charge is -2.22. The molecule has 0 fully saturated rings. The van der Waals surface area contributed by atoms with Crippen LogP contribution in [0.4, 0.5) is 0 Å². The zero-order valence-corrected chi connectivity index (χ0v) is 22.3. The third-order valence-electron chi connectivity index (χ3n) is 5.86. The normalized spacial score (nSPS) is 12.9. The molecule has 0 radical (unpaired) electrons. The van der Waals surface area contributed by atoms with Gasteiger partial charge in [0.2, 0.25) is 17.7 Å². The molecular formula is C25H41N3O11. The fraction of sp³-hybridized carbons (Fsp3) is 0.720. The summed E-state index contributed by atoms with van der Waals surface area (Å²) in [5.74, 6) is -7.66. The van der Waals surface area contributed by atoms with Crippen molar-refractivity contribution in [1.82, 2.24) is 16.0 Å². The molecule has 0 aliphatic carbocycles. The number of hydrogen-bond donors (Lipinski definition) is 7. The predicted octanol–water partition coefficient (Wildman–Crippen LogP) is 1.26. The molecule has 0 aliphatic rings. The standard InChI is InChI=1S/C25H41N3O11/c1-2-3-4-5-6-7-8-9-19(29)26-16(23(35)28-18(25(38)39)12-15-22(33)34)10-13-20(30)27-17(24(36)37)11-14-21(31)32/h16-18H,2-15H2,1H3,(H,26,29)(H,27,30)(H,28,35)(H,31,32)(H,33,34)(H,36,37)(H,38,39). The van der Waals surface area contributed by atoms with Crippen molar-refractivity contribution in [2.45, 2.75) is 115 Å². The van der Waals surface area contributed by atoms with E-state index in [1.807, 2.05) is 0 Å². The van der Waals surface area contributed by atoms with Gasteiger partial charge in [-0.3, -0.25) is 24.0 Å². The number of hydrogen-bond acceptors (Lipinski definition) is 7. The van der Waals surface area contributed by atoms with Crippen LogP contribution < -0.4 is 16.0 Å². The molecular weight excluding hydrogens is 518 g/mol. The average molecular weight is 560 g/mol. The quantitative estimate of drug-likeness (QED) is 0.0879. The van der Waals surface area contributed by atoms with Crippen LogP contribution in [-0.4, -0.2) is 80.2 Å². The molecule has 0 aromatic rings. The van der Waals surface area contributed by atoms with Crippen LogP contribution in [0.3, 0.4) is 0 Å². The van der Waals surface area contributed by atoms with Crippen LogP contribution in [0.15, 0.2) is 0 Å². The van der Waals surface area contributed by atoms with E-state index in [-0.39, 0.29) is 19.3 Å². The first-order valence-corrected chi connectivity index (χ1v) is 13.2. The fourth-order valence-corrected chi connectivity index (χ4v) is 3.64. The van der Waals surface area contributed by atoms with E-state index < -0.39 is 85.4 Å². The van der Waals surface area contributed by atoms with Crippen LogP contribution in [0.1, 0.15) is 96.8 Å². The molecule has 7 N–H and O–H groups in total. The molecule has 0 saturated heterocycles. The van der Waals surface area contributed by atoms with E-state index in [1.165, 1.54) is 0 Å². The maximum atomic E-state index is 12.8. The molecule has 0 bridgehead atoms. The molecule has 0 heterocycles. The number of nitrogens with one attached hydrogen (secondary N) is 3. The van der Waals surface area contributed by atoms with E-state index >= 15 is 0 Å². The van der Waals surface area contributed by atoms with Gasteiger partial charge in [0.05, 0.1) is 0 Å². The number of aliphatic carboxylic acids is 4. The Morgan fingerprint density at radius 1 is 0.513 bits per heavy atom. The topological polar surface area (TPSA) is 236 Å². The second kappa shape index (κ2) is 20.3. The summed E-state index contributed by atoms with van der Waals surface area (Å²) in [6.07, 6.45) is 4.30. The Hall–Kier alpha value is -3.71. The van der Waals surface area contributed by atoms with Gasteiger partial charge in [-0.05, 0) is 25.7 Å². The number of amides is 3. The minimum absolute atomic E-state index is 0.0986. The maximum absolute atomic E-state index is 12.8. The number of carbonyl (C=O) groups is 7. The first-order valence-electron chi connectivity index (χ1n) is 13.2. The number of rotatable bonds is 23. The van der Waals surface area contributed by atoms with Crippen LogP contribution in [0.25, 0.3) is 0 Å². The molecule has 0 aliphatic heterocycles. The van der Waals surface area contributed by atoms with Gasteiger partial charge in [0.25, 0.3) is 0 Å². The Kier molecular flexibility index (Phi) is 18.3. The Morgan fingerprint density at radius 3 is 1.41 bits per heavy atom. The van der Waals surface area contributed by atoms with Gasteiger partial charge in [-0.25, -0.2) is 9.59 Å². The zero-order valence-electron chi connectivity index (χ0n) is 22.3. The van der Waals surface area contributed by atoms with E-state index in [0.29, 0.717) is 6.42 Å². The summed E-state index contributed by atoms with van der Waals surface area (Å²) in [4.78, 5) is 81.9. The average Bonchev–Trinajstić information content (AvgIpc) is 2.85. The fourth-order valence-electron chi connectivity index (χ4n) is 3.64. The molecule has 14 nitrogen and oxygen atoms in total. The largest absolute Gasteiger partial charge is 0.481 e. The smallest absolute Gasteiger partial charge is 0.326 e. The van der Waals surface area contributed by atoms with Gasteiger partial charge < -0.3 is 36.4 Å². The third-order valence-corrected chi connectivity index (χ3v) is 5.86. The summed E-state index contributed by atoms with van der Waals surface area (Å²) in [5, 5.41) is 42.9. The minimum atomic E-state index is -1.54. The molecule has 39 heavy (non-hydrogen) atoms. The molecule has 14 heteroatoms. The van der Waals surface area contributed by atoms with Crippen molar-refractivity contribution in [3.63, 3.8) is 0 Å². The molecule has 0 spiro atoms. The molecule has 0 rings (SSSR count). The minimum Gasteiger partial charge on any atom is -0.481 e. The number of carboxylic acid groups (broad SMARTS) is 4. The van der Waals surface area contributed by atoms with Gasteiger partial charge in [-0.1, -0.05) is 45.4 Å². The van der Waals surface area contributed by atoms with Crippen molar-refractivity contribution in [3.8, 4) is 0 Å². The summed E-state index contributed by atoms with van der Waals surface area (Å²) in [7, 11) is 0. The van der Waals surface area contributed by atoms with Crippen molar-refractivity contribution in [2.75, 3.05) is 0 Å². The number of carboxylic acids is 4. The summed E-state index contributed by atoms with van der Waals surface area (Å²) in [5.41, 5.74) is 0.